The van der Waals surface area contributed by atoms with Gasteiger partial charge in [-0.15, -0.1) is 0 Å². The number of benzene rings is 1. The monoisotopic (exact) mass is 357 g/mol. The lowest BCUT2D eigenvalue weighted by molar-refractivity contribution is -0.133. The third-order valence-electron chi connectivity index (χ3n) is 3.40. The normalized spacial score (nSPS) is 16.8. The van der Waals surface area contributed by atoms with Crippen molar-refractivity contribution in [2.75, 3.05) is 11.9 Å². The summed E-state index contributed by atoms with van der Waals surface area (Å²) in [4.78, 5) is 34.5. The van der Waals surface area contributed by atoms with Crippen LogP contribution in [0.15, 0.2) is 24.3 Å². The Kier molecular flexibility index (Phi) is 6.23. The van der Waals surface area contributed by atoms with E-state index in [0.717, 1.165) is 11.3 Å². The summed E-state index contributed by atoms with van der Waals surface area (Å²) in [6.45, 7) is 5.54. The number of amides is 3. The van der Waals surface area contributed by atoms with Crippen LogP contribution in [-0.2, 0) is 14.3 Å². The molecule has 0 spiro atoms. The minimum Gasteiger partial charge on any atom is -0.444 e. The van der Waals surface area contributed by atoms with Crippen molar-refractivity contribution >= 4 is 23.6 Å². The van der Waals surface area contributed by atoms with Gasteiger partial charge in [-0.05, 0) is 45.4 Å². The number of piperidine rings is 1. The van der Waals surface area contributed by atoms with Crippen molar-refractivity contribution < 1.29 is 19.1 Å². The number of imide groups is 1. The molecule has 26 heavy (non-hydrogen) atoms. The van der Waals surface area contributed by atoms with E-state index in [1.165, 1.54) is 0 Å². The molecule has 0 aliphatic carbocycles. The van der Waals surface area contributed by atoms with Crippen LogP contribution in [0, 0.1) is 11.8 Å². The Morgan fingerprint density at radius 2 is 2.12 bits per heavy atom. The zero-order valence-electron chi connectivity index (χ0n) is 15.1. The molecule has 1 aliphatic rings. The first kappa shape index (κ1) is 19.3. The van der Waals surface area contributed by atoms with E-state index in [1.807, 2.05) is 24.3 Å². The average Bonchev–Trinajstić information content (AvgIpc) is 2.53. The Bertz CT molecular complexity index is 756. The molecule has 1 unspecified atom stereocenters. The number of hydrogen-bond donors (Lipinski definition) is 3. The third kappa shape index (κ3) is 6.48. The number of rotatable bonds is 3. The number of hydrogen-bond acceptors (Lipinski definition) is 5. The van der Waals surface area contributed by atoms with E-state index in [4.69, 9.17) is 4.74 Å². The molecule has 7 nitrogen and oxygen atoms in total. The van der Waals surface area contributed by atoms with Gasteiger partial charge in [-0.2, -0.15) is 0 Å². The highest BCUT2D eigenvalue weighted by molar-refractivity contribution is 6.01. The van der Waals surface area contributed by atoms with Gasteiger partial charge >= 0.3 is 6.09 Å². The third-order valence-corrected chi connectivity index (χ3v) is 3.40. The fourth-order valence-electron chi connectivity index (χ4n) is 2.30. The van der Waals surface area contributed by atoms with E-state index in [-0.39, 0.29) is 18.4 Å². The fraction of sp³-hybridized carbons (Fsp3) is 0.421. The molecule has 0 radical (unpaired) electrons. The van der Waals surface area contributed by atoms with E-state index in [9.17, 15) is 14.4 Å². The van der Waals surface area contributed by atoms with Gasteiger partial charge < -0.3 is 15.4 Å². The molecule has 3 N–H and O–H groups in total. The molecule has 3 amide bonds. The van der Waals surface area contributed by atoms with E-state index < -0.39 is 17.7 Å². The summed E-state index contributed by atoms with van der Waals surface area (Å²) in [5.41, 5.74) is 0.938. The van der Waals surface area contributed by atoms with Crippen LogP contribution in [-0.4, -0.2) is 36.1 Å². The first-order chi connectivity index (χ1) is 12.2. The van der Waals surface area contributed by atoms with Crippen LogP contribution >= 0.6 is 0 Å². The summed E-state index contributed by atoms with van der Waals surface area (Å²) in [6, 6.07) is 6.85. The molecule has 138 valence electrons. The number of ether oxygens (including phenoxy) is 1. The molecule has 0 saturated carbocycles. The first-order valence-electron chi connectivity index (χ1n) is 8.39. The van der Waals surface area contributed by atoms with Gasteiger partial charge in [0.15, 0.2) is 0 Å². The molecule has 2 rings (SSSR count). The zero-order valence-corrected chi connectivity index (χ0v) is 15.1. The van der Waals surface area contributed by atoms with Gasteiger partial charge in [0.05, 0.1) is 6.54 Å². The molecule has 1 fully saturated rings. The molecular weight excluding hydrogens is 334 g/mol. The second-order valence-corrected chi connectivity index (χ2v) is 6.89. The van der Waals surface area contributed by atoms with Crippen molar-refractivity contribution in [2.45, 2.75) is 45.3 Å². The van der Waals surface area contributed by atoms with Crippen LogP contribution in [0.2, 0.25) is 0 Å². The maximum Gasteiger partial charge on any atom is 0.408 e. The van der Waals surface area contributed by atoms with Crippen molar-refractivity contribution in [2.24, 2.45) is 0 Å². The maximum absolute atomic E-state index is 11.8. The molecular formula is C19H23N3O4. The van der Waals surface area contributed by atoms with E-state index in [2.05, 4.69) is 27.8 Å². The molecule has 1 aromatic carbocycles. The predicted octanol–water partition coefficient (Wildman–Crippen LogP) is 1.78. The van der Waals surface area contributed by atoms with E-state index >= 15 is 0 Å². The average molecular weight is 357 g/mol. The van der Waals surface area contributed by atoms with Crippen LogP contribution in [0.4, 0.5) is 10.5 Å². The molecule has 1 aromatic rings. The SMILES string of the molecule is CC(C)(C)OC(=O)NCC#Cc1cccc(NC2CCC(=O)NC2=O)c1. The van der Waals surface area contributed by atoms with Crippen LogP contribution in [0.1, 0.15) is 39.2 Å². The lowest BCUT2D eigenvalue weighted by atomic mass is 10.1. The molecule has 0 bridgehead atoms. The summed E-state index contributed by atoms with van der Waals surface area (Å²) in [5, 5.41) is 7.98. The lowest BCUT2D eigenvalue weighted by Gasteiger charge is -2.22. The van der Waals surface area contributed by atoms with Crippen molar-refractivity contribution in [1.29, 1.82) is 0 Å². The molecule has 1 aliphatic heterocycles. The highest BCUT2D eigenvalue weighted by Crippen LogP contribution is 2.15. The van der Waals surface area contributed by atoms with Gasteiger partial charge in [0, 0.05) is 17.7 Å². The van der Waals surface area contributed by atoms with Crippen LogP contribution < -0.4 is 16.0 Å². The Balaban J connectivity index is 1.88. The highest BCUT2D eigenvalue weighted by Gasteiger charge is 2.26. The largest absolute Gasteiger partial charge is 0.444 e. The van der Waals surface area contributed by atoms with Crippen molar-refractivity contribution in [3.63, 3.8) is 0 Å². The van der Waals surface area contributed by atoms with Gasteiger partial charge in [-0.1, -0.05) is 17.9 Å². The van der Waals surface area contributed by atoms with Crippen molar-refractivity contribution in [1.82, 2.24) is 10.6 Å². The van der Waals surface area contributed by atoms with Crippen LogP contribution in [0.5, 0.6) is 0 Å². The first-order valence-corrected chi connectivity index (χ1v) is 8.39. The summed E-state index contributed by atoms with van der Waals surface area (Å²) < 4.78 is 5.12. The Morgan fingerprint density at radius 3 is 2.81 bits per heavy atom. The molecule has 1 saturated heterocycles. The second-order valence-electron chi connectivity index (χ2n) is 6.89. The minimum atomic E-state index is -0.548. The van der Waals surface area contributed by atoms with E-state index in [0.29, 0.717) is 12.8 Å². The number of nitrogens with one attached hydrogen (secondary N) is 3. The number of carbonyl (C=O) groups is 3. The zero-order chi connectivity index (χ0) is 19.2. The number of anilines is 1. The summed E-state index contributed by atoms with van der Waals surface area (Å²) in [6.07, 6.45) is 0.264. The maximum atomic E-state index is 11.8. The van der Waals surface area contributed by atoms with Gasteiger partial charge in [-0.25, -0.2) is 4.79 Å². The Hall–Kier alpha value is -3.01. The van der Waals surface area contributed by atoms with Crippen LogP contribution in [0.3, 0.4) is 0 Å². The quantitative estimate of drug-likeness (QED) is 0.566. The molecule has 1 heterocycles. The van der Waals surface area contributed by atoms with Crippen molar-refractivity contribution in [3.05, 3.63) is 29.8 Å². The Labute approximate surface area is 152 Å². The predicted molar refractivity (Wildman–Crippen MR) is 97.4 cm³/mol. The van der Waals surface area contributed by atoms with Crippen molar-refractivity contribution in [3.8, 4) is 11.8 Å². The molecule has 0 aromatic heterocycles. The van der Waals surface area contributed by atoms with Gasteiger partial charge in [0.25, 0.3) is 0 Å². The standard InChI is InChI=1S/C19H23N3O4/c1-19(2,3)26-18(25)20-11-5-7-13-6-4-8-14(12-13)21-15-9-10-16(23)22-17(15)24/h4,6,8,12,15,21H,9-11H2,1-3H3,(H,20,25)(H,22,23,24). The topological polar surface area (TPSA) is 96.5 Å². The van der Waals surface area contributed by atoms with Gasteiger partial charge in [0.1, 0.15) is 11.6 Å². The number of alkyl carbamates (subject to hydrolysis) is 1. The highest BCUT2D eigenvalue weighted by atomic mass is 16.6. The van der Waals surface area contributed by atoms with Gasteiger partial charge in [0.2, 0.25) is 11.8 Å². The fourth-order valence-corrected chi connectivity index (χ4v) is 2.30. The second kappa shape index (κ2) is 8.39. The Morgan fingerprint density at radius 1 is 1.35 bits per heavy atom. The summed E-state index contributed by atoms with van der Waals surface area (Å²) in [7, 11) is 0. The smallest absolute Gasteiger partial charge is 0.408 e. The molecule has 1 atom stereocenters. The van der Waals surface area contributed by atoms with E-state index in [1.54, 1.807) is 20.8 Å². The lowest BCUT2D eigenvalue weighted by Crippen LogP contribution is -2.47. The van der Waals surface area contributed by atoms with Crippen LogP contribution in [0.25, 0.3) is 0 Å². The molecule has 7 heteroatoms. The van der Waals surface area contributed by atoms with Gasteiger partial charge in [-0.3, -0.25) is 14.9 Å². The minimum absolute atomic E-state index is 0.166. The number of carbonyl (C=O) groups excluding carboxylic acids is 3. The summed E-state index contributed by atoms with van der Waals surface area (Å²) in [5.74, 6) is 5.23. The summed E-state index contributed by atoms with van der Waals surface area (Å²) >= 11 is 0.